The van der Waals surface area contributed by atoms with Crippen LogP contribution in [0.2, 0.25) is 0 Å². The van der Waals surface area contributed by atoms with E-state index in [1.807, 2.05) is 0 Å². The molecule has 2 N–H and O–H groups in total. The van der Waals surface area contributed by atoms with Gasteiger partial charge in [-0.15, -0.1) is 0 Å². The molecule has 0 saturated carbocycles. The van der Waals surface area contributed by atoms with Crippen molar-refractivity contribution in [2.45, 2.75) is 19.4 Å². The summed E-state index contributed by atoms with van der Waals surface area (Å²) in [5.74, 6) is -0.966. The summed E-state index contributed by atoms with van der Waals surface area (Å²) in [7, 11) is 1.41. The van der Waals surface area contributed by atoms with Gasteiger partial charge >= 0.3 is 12.0 Å². The van der Waals surface area contributed by atoms with E-state index in [1.54, 1.807) is 9.80 Å². The summed E-state index contributed by atoms with van der Waals surface area (Å²) in [5, 5.41) is 11.3. The van der Waals surface area contributed by atoms with Crippen LogP contribution in [0, 0.1) is 0 Å². The zero-order valence-corrected chi connectivity index (χ0v) is 11.8. The summed E-state index contributed by atoms with van der Waals surface area (Å²) in [4.78, 5) is 36.9. The van der Waals surface area contributed by atoms with E-state index in [1.165, 1.54) is 14.0 Å². The Bertz CT molecular complexity index is 366. The van der Waals surface area contributed by atoms with E-state index in [4.69, 9.17) is 9.84 Å². The minimum Gasteiger partial charge on any atom is -0.481 e. The fourth-order valence-electron chi connectivity index (χ4n) is 1.97. The van der Waals surface area contributed by atoms with Crippen molar-refractivity contribution in [1.29, 1.82) is 0 Å². The van der Waals surface area contributed by atoms with Gasteiger partial charge in [0.25, 0.3) is 0 Å². The van der Waals surface area contributed by atoms with Gasteiger partial charge in [0, 0.05) is 46.8 Å². The van der Waals surface area contributed by atoms with Crippen LogP contribution in [0.1, 0.15) is 13.3 Å². The normalized spacial score (nSPS) is 16.7. The van der Waals surface area contributed by atoms with Crippen LogP contribution in [0.25, 0.3) is 0 Å². The van der Waals surface area contributed by atoms with Crippen molar-refractivity contribution in [3.63, 3.8) is 0 Å². The first-order chi connectivity index (χ1) is 9.43. The zero-order valence-electron chi connectivity index (χ0n) is 11.8. The number of aliphatic carboxylic acids is 1. The van der Waals surface area contributed by atoms with E-state index >= 15 is 0 Å². The summed E-state index contributed by atoms with van der Waals surface area (Å²) in [6.45, 7) is 3.64. The monoisotopic (exact) mass is 287 g/mol. The molecule has 0 spiro atoms. The third-order valence-corrected chi connectivity index (χ3v) is 3.23. The first-order valence-corrected chi connectivity index (χ1v) is 6.47. The van der Waals surface area contributed by atoms with E-state index < -0.39 is 12.1 Å². The summed E-state index contributed by atoms with van der Waals surface area (Å²) in [6.07, 6.45) is -0.704. The number of carboxylic acids is 1. The first kappa shape index (κ1) is 16.2. The Kier molecular flexibility index (Phi) is 6.23. The summed E-state index contributed by atoms with van der Waals surface area (Å²) >= 11 is 0. The van der Waals surface area contributed by atoms with Gasteiger partial charge in [0.1, 0.15) is 0 Å². The number of carbonyl (C=O) groups excluding carboxylic acids is 2. The molecule has 1 aliphatic rings. The molecular weight excluding hydrogens is 266 g/mol. The molecule has 0 aliphatic carbocycles. The number of piperazine rings is 1. The maximum Gasteiger partial charge on any atom is 0.317 e. The standard InChI is InChI=1S/C12H21N3O5/c1-9(16)14-3-5-15(6-4-14)12(19)13-8-10(20-2)7-11(17)18/h10H,3-8H2,1-2H3,(H,13,19)(H,17,18). The van der Waals surface area contributed by atoms with Gasteiger partial charge in [-0.25, -0.2) is 4.79 Å². The smallest absolute Gasteiger partial charge is 0.317 e. The van der Waals surface area contributed by atoms with Crippen molar-refractivity contribution in [2.75, 3.05) is 39.8 Å². The molecule has 1 unspecified atom stereocenters. The Morgan fingerprint density at radius 3 is 2.20 bits per heavy atom. The van der Waals surface area contributed by atoms with Crippen LogP contribution in [-0.4, -0.2) is 78.8 Å². The summed E-state index contributed by atoms with van der Waals surface area (Å²) in [6, 6.07) is -0.263. The van der Waals surface area contributed by atoms with Gasteiger partial charge in [0.15, 0.2) is 0 Å². The van der Waals surface area contributed by atoms with Crippen molar-refractivity contribution < 1.29 is 24.2 Å². The molecule has 0 aromatic carbocycles. The van der Waals surface area contributed by atoms with Gasteiger partial charge in [0.05, 0.1) is 12.5 Å². The van der Waals surface area contributed by atoms with Crippen molar-refractivity contribution in [1.82, 2.24) is 15.1 Å². The van der Waals surface area contributed by atoms with Crippen LogP contribution in [0.4, 0.5) is 4.79 Å². The zero-order chi connectivity index (χ0) is 15.1. The Balaban J connectivity index is 2.33. The topological polar surface area (TPSA) is 99.2 Å². The maximum atomic E-state index is 11.9. The largest absolute Gasteiger partial charge is 0.481 e. The average molecular weight is 287 g/mol. The maximum absolute atomic E-state index is 11.9. The van der Waals surface area contributed by atoms with Crippen LogP contribution in [0.3, 0.4) is 0 Å². The molecule has 0 aromatic rings. The highest BCUT2D eigenvalue weighted by molar-refractivity contribution is 5.76. The van der Waals surface area contributed by atoms with E-state index in [2.05, 4.69) is 5.32 Å². The van der Waals surface area contributed by atoms with Gasteiger partial charge < -0.3 is 25.0 Å². The highest BCUT2D eigenvalue weighted by Crippen LogP contribution is 2.03. The fourth-order valence-corrected chi connectivity index (χ4v) is 1.97. The number of carbonyl (C=O) groups is 3. The molecule has 0 aromatic heterocycles. The van der Waals surface area contributed by atoms with Gasteiger partial charge in [-0.3, -0.25) is 9.59 Å². The SMILES string of the molecule is COC(CNC(=O)N1CCN(C(C)=O)CC1)CC(=O)O. The fraction of sp³-hybridized carbons (Fsp3) is 0.750. The highest BCUT2D eigenvalue weighted by atomic mass is 16.5. The third-order valence-electron chi connectivity index (χ3n) is 3.23. The van der Waals surface area contributed by atoms with Crippen LogP contribution >= 0.6 is 0 Å². The molecule has 0 bridgehead atoms. The number of hydrogen-bond acceptors (Lipinski definition) is 4. The van der Waals surface area contributed by atoms with Gasteiger partial charge in [-0.1, -0.05) is 0 Å². The second-order valence-electron chi connectivity index (χ2n) is 4.63. The number of carboxylic acid groups (broad SMARTS) is 1. The first-order valence-electron chi connectivity index (χ1n) is 6.47. The quantitative estimate of drug-likeness (QED) is 0.700. The van der Waals surface area contributed by atoms with Crippen molar-refractivity contribution >= 4 is 17.9 Å². The molecule has 20 heavy (non-hydrogen) atoms. The molecule has 8 nitrogen and oxygen atoms in total. The van der Waals surface area contributed by atoms with E-state index in [0.29, 0.717) is 26.2 Å². The molecule has 114 valence electrons. The van der Waals surface area contributed by atoms with Crippen molar-refractivity contribution in [3.8, 4) is 0 Å². The molecule has 1 saturated heterocycles. The van der Waals surface area contributed by atoms with Gasteiger partial charge in [-0.2, -0.15) is 0 Å². The lowest BCUT2D eigenvalue weighted by Gasteiger charge is -2.34. The number of nitrogens with zero attached hydrogens (tertiary/aromatic N) is 2. The van der Waals surface area contributed by atoms with E-state index in [0.717, 1.165) is 0 Å². The Morgan fingerprint density at radius 2 is 1.75 bits per heavy atom. The molecule has 1 rings (SSSR count). The molecule has 1 aliphatic heterocycles. The summed E-state index contributed by atoms with van der Waals surface area (Å²) < 4.78 is 4.98. The second kappa shape index (κ2) is 7.68. The molecule has 3 amide bonds. The Hall–Kier alpha value is -1.83. The lowest BCUT2D eigenvalue weighted by Crippen LogP contribution is -2.53. The predicted octanol–water partition coefficient (Wildman–Crippen LogP) is -0.650. The van der Waals surface area contributed by atoms with Crippen LogP contribution < -0.4 is 5.32 Å². The number of amides is 3. The van der Waals surface area contributed by atoms with Crippen LogP contribution in [0.15, 0.2) is 0 Å². The lowest BCUT2D eigenvalue weighted by molar-refractivity contribution is -0.139. The van der Waals surface area contributed by atoms with Gasteiger partial charge in [-0.05, 0) is 0 Å². The molecule has 1 fully saturated rings. The second-order valence-corrected chi connectivity index (χ2v) is 4.63. The van der Waals surface area contributed by atoms with E-state index in [-0.39, 0.29) is 24.9 Å². The number of urea groups is 1. The van der Waals surface area contributed by atoms with E-state index in [9.17, 15) is 14.4 Å². The number of nitrogens with one attached hydrogen (secondary N) is 1. The minimum atomic E-state index is -0.971. The molecule has 1 heterocycles. The van der Waals surface area contributed by atoms with Crippen LogP contribution in [0.5, 0.6) is 0 Å². The van der Waals surface area contributed by atoms with Crippen LogP contribution in [-0.2, 0) is 14.3 Å². The predicted molar refractivity (Wildman–Crippen MR) is 70.3 cm³/mol. The third kappa shape index (κ3) is 5.04. The Labute approximate surface area is 117 Å². The molecule has 1 atom stereocenters. The highest BCUT2D eigenvalue weighted by Gasteiger charge is 2.23. The number of methoxy groups -OCH3 is 1. The Morgan fingerprint density at radius 1 is 1.20 bits per heavy atom. The molecular formula is C12H21N3O5. The van der Waals surface area contributed by atoms with Crippen molar-refractivity contribution in [2.24, 2.45) is 0 Å². The lowest BCUT2D eigenvalue weighted by atomic mass is 10.2. The average Bonchev–Trinajstić information content (AvgIpc) is 2.42. The minimum absolute atomic E-state index is 0.00552. The summed E-state index contributed by atoms with van der Waals surface area (Å²) in [5.41, 5.74) is 0. The number of rotatable bonds is 5. The number of hydrogen-bond donors (Lipinski definition) is 2. The number of ether oxygens (including phenoxy) is 1. The van der Waals surface area contributed by atoms with Crippen molar-refractivity contribution in [3.05, 3.63) is 0 Å². The molecule has 0 radical (unpaired) electrons. The molecule has 8 heteroatoms. The van der Waals surface area contributed by atoms with Gasteiger partial charge in [0.2, 0.25) is 5.91 Å².